The zero-order valence-corrected chi connectivity index (χ0v) is 7.73. The van der Waals surface area contributed by atoms with Crippen molar-refractivity contribution in [1.29, 1.82) is 0 Å². The summed E-state index contributed by atoms with van der Waals surface area (Å²) in [5, 5.41) is 10.3. The lowest BCUT2D eigenvalue weighted by Crippen LogP contribution is -2.40. The van der Waals surface area contributed by atoms with Crippen LogP contribution in [0.3, 0.4) is 0 Å². The molecule has 1 rings (SSSR count). The smallest absolute Gasteiger partial charge is 0.305 e. The van der Waals surface area contributed by atoms with Gasteiger partial charge in [-0.25, -0.2) is 0 Å². The van der Waals surface area contributed by atoms with Crippen LogP contribution in [0.1, 0.15) is 12.8 Å². The van der Waals surface area contributed by atoms with Gasteiger partial charge in [0.15, 0.2) is 5.78 Å². The molecule has 4 N–H and O–H groups in total. The first kappa shape index (κ1) is 11.3. The van der Waals surface area contributed by atoms with E-state index in [-0.39, 0.29) is 6.42 Å². The van der Waals surface area contributed by atoms with Crippen LogP contribution in [0.2, 0.25) is 0 Å². The summed E-state index contributed by atoms with van der Waals surface area (Å²) >= 11 is 0. The molecule has 1 fully saturated rings. The summed E-state index contributed by atoms with van der Waals surface area (Å²) in [4.78, 5) is 43.5. The number of amides is 2. The molecule has 0 aliphatic carbocycles. The molecular formula is C8H10N2O5. The number of Topliss-reactive ketones (excluding diaryl/α,β-unsaturated/α-hetero) is 1. The SMILES string of the molecule is NC(CC(=O)O)C(=O)C1CC(=O)NC1=O. The maximum atomic E-state index is 11.4. The number of carbonyl (C=O) groups is 4. The fraction of sp³-hybridized carbons (Fsp3) is 0.500. The molecule has 7 heteroatoms. The fourth-order valence-electron chi connectivity index (χ4n) is 1.33. The van der Waals surface area contributed by atoms with Gasteiger partial charge in [-0.05, 0) is 0 Å². The van der Waals surface area contributed by atoms with E-state index in [1.165, 1.54) is 0 Å². The standard InChI is InChI=1S/C8H10N2O5/c9-4(2-6(12)13)7(14)3-1-5(11)10-8(3)15/h3-4H,1-2,9H2,(H,12,13)(H,10,11,15). The molecule has 2 amide bonds. The van der Waals surface area contributed by atoms with Crippen molar-refractivity contribution in [2.24, 2.45) is 11.7 Å². The highest BCUT2D eigenvalue weighted by Gasteiger charge is 2.38. The maximum absolute atomic E-state index is 11.4. The number of ketones is 1. The zero-order valence-electron chi connectivity index (χ0n) is 7.73. The van der Waals surface area contributed by atoms with Gasteiger partial charge in [-0.1, -0.05) is 0 Å². The third-order valence-electron chi connectivity index (χ3n) is 2.07. The van der Waals surface area contributed by atoms with Crippen molar-refractivity contribution in [3.63, 3.8) is 0 Å². The van der Waals surface area contributed by atoms with Crippen LogP contribution in [0.5, 0.6) is 0 Å². The van der Waals surface area contributed by atoms with Gasteiger partial charge >= 0.3 is 5.97 Å². The van der Waals surface area contributed by atoms with Gasteiger partial charge in [0.1, 0.15) is 5.92 Å². The third-order valence-corrected chi connectivity index (χ3v) is 2.07. The number of hydrogen-bond acceptors (Lipinski definition) is 5. The Balaban J connectivity index is 2.64. The topological polar surface area (TPSA) is 127 Å². The monoisotopic (exact) mass is 214 g/mol. The van der Waals surface area contributed by atoms with Crippen molar-refractivity contribution < 1.29 is 24.3 Å². The van der Waals surface area contributed by atoms with E-state index >= 15 is 0 Å². The van der Waals surface area contributed by atoms with Crippen molar-refractivity contribution in [2.75, 3.05) is 0 Å². The number of rotatable bonds is 4. The molecule has 1 heterocycles. The van der Waals surface area contributed by atoms with E-state index in [1.807, 2.05) is 5.32 Å². The van der Waals surface area contributed by atoms with Crippen LogP contribution in [0.4, 0.5) is 0 Å². The van der Waals surface area contributed by atoms with Crippen LogP contribution in [0.15, 0.2) is 0 Å². The lowest BCUT2D eigenvalue weighted by Gasteiger charge is -2.10. The molecule has 82 valence electrons. The first-order chi connectivity index (χ1) is 6.91. The van der Waals surface area contributed by atoms with Gasteiger partial charge < -0.3 is 10.8 Å². The predicted octanol–water partition coefficient (Wildman–Crippen LogP) is -1.98. The minimum absolute atomic E-state index is 0.245. The van der Waals surface area contributed by atoms with Crippen LogP contribution in [-0.2, 0) is 19.2 Å². The number of hydrogen-bond donors (Lipinski definition) is 3. The number of nitrogens with two attached hydrogens (primary N) is 1. The van der Waals surface area contributed by atoms with Crippen molar-refractivity contribution in [3.05, 3.63) is 0 Å². The first-order valence-electron chi connectivity index (χ1n) is 4.26. The molecule has 1 aliphatic rings. The Labute approximate surface area is 84.6 Å². The molecule has 0 aromatic heterocycles. The summed E-state index contributed by atoms with van der Waals surface area (Å²) in [5.74, 6) is -4.31. The van der Waals surface area contributed by atoms with Gasteiger partial charge in [0.05, 0.1) is 12.5 Å². The Morgan fingerprint density at radius 2 is 2.13 bits per heavy atom. The average molecular weight is 214 g/mol. The number of carbonyl (C=O) groups excluding carboxylic acids is 3. The van der Waals surface area contributed by atoms with Crippen LogP contribution in [-0.4, -0.2) is 34.7 Å². The van der Waals surface area contributed by atoms with Gasteiger partial charge in [0, 0.05) is 6.42 Å². The molecule has 7 nitrogen and oxygen atoms in total. The number of carboxylic acid groups (broad SMARTS) is 1. The van der Waals surface area contributed by atoms with E-state index in [0.717, 1.165) is 0 Å². The minimum Gasteiger partial charge on any atom is -0.481 e. The highest BCUT2D eigenvalue weighted by molar-refractivity contribution is 6.15. The molecule has 15 heavy (non-hydrogen) atoms. The second kappa shape index (κ2) is 4.18. The Hall–Kier alpha value is -1.76. The van der Waals surface area contributed by atoms with Crippen molar-refractivity contribution in [2.45, 2.75) is 18.9 Å². The number of aliphatic carboxylic acids is 1. The predicted molar refractivity (Wildman–Crippen MR) is 46.5 cm³/mol. The highest BCUT2D eigenvalue weighted by atomic mass is 16.4. The Bertz CT molecular complexity index is 338. The van der Waals surface area contributed by atoms with Crippen LogP contribution < -0.4 is 11.1 Å². The highest BCUT2D eigenvalue weighted by Crippen LogP contribution is 2.14. The fourth-order valence-corrected chi connectivity index (χ4v) is 1.33. The first-order valence-corrected chi connectivity index (χ1v) is 4.26. The molecule has 2 atom stereocenters. The Morgan fingerprint density at radius 1 is 1.53 bits per heavy atom. The van der Waals surface area contributed by atoms with E-state index in [2.05, 4.69) is 0 Å². The van der Waals surface area contributed by atoms with Gasteiger partial charge in [-0.2, -0.15) is 0 Å². The summed E-state index contributed by atoms with van der Waals surface area (Å²) in [6, 6.07) is -1.25. The Morgan fingerprint density at radius 3 is 2.53 bits per heavy atom. The molecule has 0 aromatic carbocycles. The number of carboxylic acids is 1. The van der Waals surface area contributed by atoms with Gasteiger partial charge in [-0.15, -0.1) is 0 Å². The lowest BCUT2D eigenvalue weighted by molar-refractivity contribution is -0.141. The average Bonchev–Trinajstić information content (AvgIpc) is 2.42. The van der Waals surface area contributed by atoms with Gasteiger partial charge in [0.25, 0.3) is 0 Å². The molecule has 0 aromatic rings. The van der Waals surface area contributed by atoms with Crippen LogP contribution >= 0.6 is 0 Å². The second-order valence-electron chi connectivity index (χ2n) is 3.28. The molecular weight excluding hydrogens is 204 g/mol. The molecule has 0 spiro atoms. The molecule has 1 aliphatic heterocycles. The van der Waals surface area contributed by atoms with E-state index in [9.17, 15) is 19.2 Å². The van der Waals surface area contributed by atoms with Crippen molar-refractivity contribution in [3.8, 4) is 0 Å². The van der Waals surface area contributed by atoms with Crippen LogP contribution in [0.25, 0.3) is 0 Å². The summed E-state index contributed by atoms with van der Waals surface area (Å²) < 4.78 is 0. The van der Waals surface area contributed by atoms with Crippen molar-refractivity contribution >= 4 is 23.6 Å². The second-order valence-corrected chi connectivity index (χ2v) is 3.28. The summed E-state index contributed by atoms with van der Waals surface area (Å²) in [7, 11) is 0. The summed E-state index contributed by atoms with van der Waals surface area (Å²) in [6.45, 7) is 0. The molecule has 0 saturated carbocycles. The Kier molecular flexibility index (Phi) is 3.15. The van der Waals surface area contributed by atoms with Crippen LogP contribution in [0, 0.1) is 5.92 Å². The largest absolute Gasteiger partial charge is 0.481 e. The minimum atomic E-state index is -1.25. The maximum Gasteiger partial charge on any atom is 0.305 e. The zero-order chi connectivity index (χ0) is 11.6. The third kappa shape index (κ3) is 2.59. The van der Waals surface area contributed by atoms with E-state index in [1.54, 1.807) is 0 Å². The molecule has 0 bridgehead atoms. The number of nitrogens with one attached hydrogen (secondary N) is 1. The lowest BCUT2D eigenvalue weighted by atomic mass is 9.95. The quantitative estimate of drug-likeness (QED) is 0.367. The molecule has 1 saturated heterocycles. The van der Waals surface area contributed by atoms with E-state index in [0.29, 0.717) is 0 Å². The summed E-state index contributed by atoms with van der Waals surface area (Å²) in [5.41, 5.74) is 5.28. The van der Waals surface area contributed by atoms with E-state index < -0.39 is 41.9 Å². The molecule has 0 radical (unpaired) electrons. The van der Waals surface area contributed by atoms with Crippen molar-refractivity contribution in [1.82, 2.24) is 5.32 Å². The van der Waals surface area contributed by atoms with E-state index in [4.69, 9.17) is 10.8 Å². The number of imide groups is 1. The molecule has 2 unspecified atom stereocenters. The van der Waals surface area contributed by atoms with Gasteiger partial charge in [-0.3, -0.25) is 24.5 Å². The summed E-state index contributed by atoms with van der Waals surface area (Å²) in [6.07, 6.45) is -0.790. The van der Waals surface area contributed by atoms with Gasteiger partial charge in [0.2, 0.25) is 11.8 Å². The normalized spacial score (nSPS) is 22.3.